The molecular formula is C27H26ClF4N3O2. The van der Waals surface area contributed by atoms with Crippen molar-refractivity contribution in [1.29, 1.82) is 0 Å². The summed E-state index contributed by atoms with van der Waals surface area (Å²) in [5, 5.41) is 3.47. The van der Waals surface area contributed by atoms with E-state index in [9.17, 15) is 22.4 Å². The third-order valence-corrected chi connectivity index (χ3v) is 6.50. The molecule has 1 saturated heterocycles. The highest BCUT2D eigenvalue weighted by molar-refractivity contribution is 6.30. The van der Waals surface area contributed by atoms with Gasteiger partial charge >= 0.3 is 18.6 Å². The van der Waals surface area contributed by atoms with E-state index in [1.165, 1.54) is 18.3 Å². The smallest absolute Gasteiger partial charge is 0.428 e. The maximum atomic E-state index is 13.8. The summed E-state index contributed by atoms with van der Waals surface area (Å²) >= 11 is 6.09. The van der Waals surface area contributed by atoms with Crippen molar-refractivity contribution < 1.29 is 27.1 Å². The number of aromatic nitrogens is 1. The molecule has 0 radical (unpaired) electrons. The van der Waals surface area contributed by atoms with E-state index in [1.54, 1.807) is 23.1 Å². The molecule has 1 N–H and O–H groups in total. The zero-order valence-corrected chi connectivity index (χ0v) is 20.6. The summed E-state index contributed by atoms with van der Waals surface area (Å²) in [5.74, 6) is -0.471. The molecule has 3 aromatic rings. The number of likely N-dealkylation sites (tertiary alicyclic amines) is 1. The third-order valence-electron chi connectivity index (χ3n) is 6.28. The maximum Gasteiger partial charge on any atom is 0.461 e. The van der Waals surface area contributed by atoms with Gasteiger partial charge in [-0.15, -0.1) is 0 Å². The zero-order valence-electron chi connectivity index (χ0n) is 19.8. The molecule has 0 bridgehead atoms. The van der Waals surface area contributed by atoms with Gasteiger partial charge in [0, 0.05) is 25.7 Å². The summed E-state index contributed by atoms with van der Waals surface area (Å²) in [6, 6.07) is 17.6. The summed E-state index contributed by atoms with van der Waals surface area (Å²) in [4.78, 5) is 19.7. The number of benzene rings is 2. The highest BCUT2D eigenvalue weighted by Crippen LogP contribution is 2.37. The van der Waals surface area contributed by atoms with Gasteiger partial charge in [0.1, 0.15) is 11.3 Å². The Bertz CT molecular complexity index is 1190. The number of amides is 2. The number of nitrogens with one attached hydrogen (secondary N) is 1. The van der Waals surface area contributed by atoms with Crippen molar-refractivity contribution in [3.8, 4) is 5.75 Å². The number of halogens is 5. The number of carbonyl (C=O) groups excluding carboxylic acids is 1. The topological polar surface area (TPSA) is 54.5 Å². The molecule has 1 aliphatic heterocycles. The lowest BCUT2D eigenvalue weighted by Crippen LogP contribution is -2.54. The SMILES string of the molecule is O=C(N[C@](Cc1ccccc1)(c1cccc(OC(F)(F)C(F)F)c1)c1ccc(Cl)cn1)N1CCCCC1. The molecule has 196 valence electrons. The average Bonchev–Trinajstić information content (AvgIpc) is 2.89. The molecule has 0 spiro atoms. The van der Waals surface area contributed by atoms with Crippen LogP contribution in [0.3, 0.4) is 0 Å². The van der Waals surface area contributed by atoms with Gasteiger partial charge in [0.15, 0.2) is 0 Å². The first-order chi connectivity index (χ1) is 17.7. The Labute approximate surface area is 217 Å². The van der Waals surface area contributed by atoms with Gasteiger partial charge in [-0.1, -0.05) is 54.1 Å². The fourth-order valence-corrected chi connectivity index (χ4v) is 4.55. The van der Waals surface area contributed by atoms with Crippen molar-refractivity contribution in [2.75, 3.05) is 13.1 Å². The molecule has 5 nitrogen and oxygen atoms in total. The summed E-state index contributed by atoms with van der Waals surface area (Å²) in [7, 11) is 0. The van der Waals surface area contributed by atoms with Crippen molar-refractivity contribution in [2.45, 2.75) is 43.8 Å². The van der Waals surface area contributed by atoms with Gasteiger partial charge in [0.25, 0.3) is 0 Å². The van der Waals surface area contributed by atoms with E-state index in [2.05, 4.69) is 15.0 Å². The molecule has 0 unspecified atom stereocenters. The number of ether oxygens (including phenoxy) is 1. The average molecular weight is 536 g/mol. The number of nitrogens with zero attached hydrogens (tertiary/aromatic N) is 2. The van der Waals surface area contributed by atoms with Crippen LogP contribution in [0.15, 0.2) is 72.9 Å². The molecule has 2 heterocycles. The van der Waals surface area contributed by atoms with Crippen molar-refractivity contribution in [3.05, 3.63) is 94.8 Å². The van der Waals surface area contributed by atoms with Crippen LogP contribution in [-0.4, -0.2) is 41.5 Å². The van der Waals surface area contributed by atoms with E-state index in [0.29, 0.717) is 29.4 Å². The molecule has 1 fully saturated rings. The van der Waals surface area contributed by atoms with Crippen molar-refractivity contribution >= 4 is 17.6 Å². The first-order valence-electron chi connectivity index (χ1n) is 11.9. The van der Waals surface area contributed by atoms with E-state index >= 15 is 0 Å². The lowest BCUT2D eigenvalue weighted by molar-refractivity contribution is -0.253. The Hall–Kier alpha value is -3.33. The second-order valence-corrected chi connectivity index (χ2v) is 9.34. The number of urea groups is 1. The first-order valence-corrected chi connectivity index (χ1v) is 12.3. The largest absolute Gasteiger partial charge is 0.461 e. The minimum atomic E-state index is -4.68. The third kappa shape index (κ3) is 6.33. The molecule has 4 rings (SSSR count). The number of piperidine rings is 1. The summed E-state index contributed by atoms with van der Waals surface area (Å²) in [5.41, 5.74) is 0.186. The van der Waals surface area contributed by atoms with Gasteiger partial charge < -0.3 is 15.0 Å². The predicted octanol–water partition coefficient (Wildman–Crippen LogP) is 6.65. The molecule has 1 aliphatic rings. The molecule has 1 aromatic heterocycles. The standard InChI is InChI=1S/C27H26ClF4N3O2/c28-21-12-13-23(33-18-21)26(17-19-8-3-1-4-9-19,34-25(36)35-14-5-2-6-15-35)20-10-7-11-22(16-20)37-27(31,32)24(29)30/h1,3-4,7-13,16,18,24H,2,5-6,14-15,17H2,(H,34,36)/t26-/m1/s1. The zero-order chi connectivity index (χ0) is 26.5. The van der Waals surface area contributed by atoms with Crippen LogP contribution in [0.5, 0.6) is 5.75 Å². The fourth-order valence-electron chi connectivity index (χ4n) is 4.44. The van der Waals surface area contributed by atoms with Gasteiger partial charge in [-0.2, -0.15) is 17.6 Å². The van der Waals surface area contributed by atoms with Crippen LogP contribution in [0.25, 0.3) is 0 Å². The Morgan fingerprint density at radius 2 is 1.76 bits per heavy atom. The van der Waals surface area contributed by atoms with E-state index in [4.69, 9.17) is 11.6 Å². The number of alkyl halides is 4. The monoisotopic (exact) mass is 535 g/mol. The molecule has 1 atom stereocenters. The Kier molecular flexibility index (Phi) is 8.22. The molecule has 0 saturated carbocycles. The second kappa shape index (κ2) is 11.4. The minimum Gasteiger partial charge on any atom is -0.428 e. The minimum absolute atomic E-state index is 0.191. The van der Waals surface area contributed by atoms with Gasteiger partial charge in [0.05, 0.1) is 10.7 Å². The highest BCUT2D eigenvalue weighted by Gasteiger charge is 2.45. The second-order valence-electron chi connectivity index (χ2n) is 8.90. The van der Waals surface area contributed by atoms with E-state index in [1.807, 2.05) is 30.3 Å². The molecule has 10 heteroatoms. The van der Waals surface area contributed by atoms with Crippen LogP contribution in [-0.2, 0) is 12.0 Å². The maximum absolute atomic E-state index is 13.8. The molecule has 0 aliphatic carbocycles. The number of rotatable bonds is 8. The van der Waals surface area contributed by atoms with E-state index < -0.39 is 23.8 Å². The van der Waals surface area contributed by atoms with Crippen LogP contribution in [0.2, 0.25) is 5.02 Å². The van der Waals surface area contributed by atoms with Crippen LogP contribution < -0.4 is 10.1 Å². The van der Waals surface area contributed by atoms with Crippen LogP contribution in [0.1, 0.15) is 36.1 Å². The van der Waals surface area contributed by atoms with Crippen LogP contribution >= 0.6 is 11.6 Å². The van der Waals surface area contributed by atoms with Crippen LogP contribution in [0, 0.1) is 0 Å². The molecule has 2 amide bonds. The highest BCUT2D eigenvalue weighted by atomic mass is 35.5. The Morgan fingerprint density at radius 3 is 2.41 bits per heavy atom. The van der Waals surface area contributed by atoms with Crippen LogP contribution in [0.4, 0.5) is 22.4 Å². The van der Waals surface area contributed by atoms with Gasteiger partial charge in [-0.05, 0) is 54.7 Å². The number of carbonyl (C=O) groups is 1. The number of pyridine rings is 1. The van der Waals surface area contributed by atoms with Crippen molar-refractivity contribution in [2.24, 2.45) is 0 Å². The van der Waals surface area contributed by atoms with Gasteiger partial charge in [-0.3, -0.25) is 4.98 Å². The molecule has 2 aromatic carbocycles. The Balaban J connectivity index is 1.85. The Morgan fingerprint density at radius 1 is 1.03 bits per heavy atom. The summed E-state index contributed by atoms with van der Waals surface area (Å²) in [6.07, 6.45) is -4.33. The lowest BCUT2D eigenvalue weighted by atomic mass is 9.80. The normalized spacial score (nSPS) is 15.8. The fraction of sp³-hybridized carbons (Fsp3) is 0.333. The van der Waals surface area contributed by atoms with Crippen molar-refractivity contribution in [1.82, 2.24) is 15.2 Å². The van der Waals surface area contributed by atoms with E-state index in [-0.39, 0.29) is 12.5 Å². The number of hydrogen-bond acceptors (Lipinski definition) is 3. The van der Waals surface area contributed by atoms with Crippen molar-refractivity contribution in [3.63, 3.8) is 0 Å². The summed E-state index contributed by atoms with van der Waals surface area (Å²) in [6.45, 7) is 1.15. The van der Waals surface area contributed by atoms with Gasteiger partial charge in [-0.25, -0.2) is 4.79 Å². The van der Waals surface area contributed by atoms with Gasteiger partial charge in [0.2, 0.25) is 0 Å². The van der Waals surface area contributed by atoms with E-state index in [0.717, 1.165) is 30.9 Å². The summed E-state index contributed by atoms with van der Waals surface area (Å²) < 4.78 is 57.6. The molecular weight excluding hydrogens is 510 g/mol. The number of hydrogen-bond donors (Lipinski definition) is 1. The lowest BCUT2D eigenvalue weighted by Gasteiger charge is -2.38. The quantitative estimate of drug-likeness (QED) is 0.328. The molecule has 37 heavy (non-hydrogen) atoms. The predicted molar refractivity (Wildman–Crippen MR) is 132 cm³/mol. The first kappa shape index (κ1) is 26.7.